The Labute approximate surface area is 120 Å². The summed E-state index contributed by atoms with van der Waals surface area (Å²) in [5.41, 5.74) is 3.13. The Hall–Kier alpha value is -0.640. The SMILES string of the molecule is Cc1cccc(C2(Cc3cc(Br)cs3)CNC2)c1. The molecule has 0 spiro atoms. The van der Waals surface area contributed by atoms with Gasteiger partial charge in [-0.05, 0) is 40.9 Å². The van der Waals surface area contributed by atoms with Crippen LogP contribution in [0.25, 0.3) is 0 Å². The lowest BCUT2D eigenvalue weighted by atomic mass is 9.72. The molecule has 0 bridgehead atoms. The van der Waals surface area contributed by atoms with Gasteiger partial charge in [-0.2, -0.15) is 0 Å². The molecule has 0 amide bonds. The lowest BCUT2D eigenvalue weighted by Crippen LogP contribution is -2.58. The fourth-order valence-electron chi connectivity index (χ4n) is 2.61. The molecule has 0 unspecified atom stereocenters. The molecule has 3 heteroatoms. The van der Waals surface area contributed by atoms with Crippen LogP contribution in [0.1, 0.15) is 16.0 Å². The number of aryl methyl sites for hydroxylation is 1. The first-order valence-electron chi connectivity index (χ1n) is 6.19. The zero-order valence-electron chi connectivity index (χ0n) is 10.4. The van der Waals surface area contributed by atoms with Gasteiger partial charge in [0.15, 0.2) is 0 Å². The van der Waals surface area contributed by atoms with Gasteiger partial charge in [-0.25, -0.2) is 0 Å². The van der Waals surface area contributed by atoms with Gasteiger partial charge in [0.1, 0.15) is 0 Å². The van der Waals surface area contributed by atoms with Crippen molar-refractivity contribution >= 4 is 27.3 Å². The first-order valence-corrected chi connectivity index (χ1v) is 7.86. The molecule has 1 aromatic heterocycles. The molecule has 1 nitrogen and oxygen atoms in total. The molecular formula is C15H16BrNS. The minimum Gasteiger partial charge on any atom is -0.315 e. The fraction of sp³-hybridized carbons (Fsp3) is 0.333. The average Bonchev–Trinajstić information content (AvgIpc) is 2.69. The lowest BCUT2D eigenvalue weighted by molar-refractivity contribution is 0.276. The lowest BCUT2D eigenvalue weighted by Gasteiger charge is -2.43. The Kier molecular flexibility index (Phi) is 3.31. The predicted octanol–water partition coefficient (Wildman–Crippen LogP) is 3.90. The highest BCUT2D eigenvalue weighted by Gasteiger charge is 2.39. The summed E-state index contributed by atoms with van der Waals surface area (Å²) in [7, 11) is 0. The van der Waals surface area contributed by atoms with Crippen molar-refractivity contribution < 1.29 is 0 Å². The first-order chi connectivity index (χ1) is 8.68. The van der Waals surface area contributed by atoms with Crippen LogP contribution in [0.5, 0.6) is 0 Å². The van der Waals surface area contributed by atoms with Gasteiger partial charge >= 0.3 is 0 Å². The monoisotopic (exact) mass is 321 g/mol. The average molecular weight is 322 g/mol. The fourth-order valence-corrected chi connectivity index (χ4v) is 4.21. The molecule has 0 atom stereocenters. The zero-order valence-corrected chi connectivity index (χ0v) is 12.8. The van der Waals surface area contributed by atoms with Gasteiger partial charge in [-0.3, -0.25) is 0 Å². The Bertz CT molecular complexity index is 557. The van der Waals surface area contributed by atoms with Crippen LogP contribution in [0.4, 0.5) is 0 Å². The second-order valence-corrected chi connectivity index (χ2v) is 7.07. The second-order valence-electron chi connectivity index (χ2n) is 5.16. The normalized spacial score (nSPS) is 17.4. The van der Waals surface area contributed by atoms with Gasteiger partial charge in [0.05, 0.1) is 0 Å². The molecule has 0 aliphatic carbocycles. The number of hydrogen-bond acceptors (Lipinski definition) is 2. The molecule has 18 heavy (non-hydrogen) atoms. The smallest absolute Gasteiger partial charge is 0.0285 e. The molecule has 1 saturated heterocycles. The molecule has 0 radical (unpaired) electrons. The van der Waals surface area contributed by atoms with Crippen molar-refractivity contribution in [3.63, 3.8) is 0 Å². The van der Waals surface area contributed by atoms with E-state index in [0.717, 1.165) is 19.5 Å². The van der Waals surface area contributed by atoms with E-state index in [-0.39, 0.29) is 0 Å². The molecule has 1 N–H and O–H groups in total. The summed E-state index contributed by atoms with van der Waals surface area (Å²) in [6.45, 7) is 4.35. The standard InChI is InChI=1S/C15H16BrNS/c1-11-3-2-4-12(5-11)15(9-17-10-15)7-14-6-13(16)8-18-14/h2-6,8,17H,7,9-10H2,1H3. The van der Waals surface area contributed by atoms with Crippen molar-refractivity contribution in [1.82, 2.24) is 5.32 Å². The van der Waals surface area contributed by atoms with Gasteiger partial charge < -0.3 is 5.32 Å². The summed E-state index contributed by atoms with van der Waals surface area (Å²) in [6.07, 6.45) is 1.14. The van der Waals surface area contributed by atoms with Crippen LogP contribution in [-0.4, -0.2) is 13.1 Å². The minimum absolute atomic E-state index is 0.302. The Balaban J connectivity index is 1.90. The molecule has 1 fully saturated rings. The van der Waals surface area contributed by atoms with Crippen molar-refractivity contribution in [2.45, 2.75) is 18.8 Å². The van der Waals surface area contributed by atoms with Gasteiger partial charge in [0.2, 0.25) is 0 Å². The van der Waals surface area contributed by atoms with Crippen molar-refractivity contribution in [3.05, 3.63) is 56.2 Å². The van der Waals surface area contributed by atoms with Crippen LogP contribution in [-0.2, 0) is 11.8 Å². The summed E-state index contributed by atoms with van der Waals surface area (Å²) >= 11 is 5.39. The molecule has 94 valence electrons. The number of thiophene rings is 1. The molecule has 2 aromatic rings. The highest BCUT2D eigenvalue weighted by Crippen LogP contribution is 2.35. The maximum atomic E-state index is 3.54. The van der Waals surface area contributed by atoms with E-state index < -0.39 is 0 Å². The predicted molar refractivity (Wildman–Crippen MR) is 81.4 cm³/mol. The van der Waals surface area contributed by atoms with Crippen LogP contribution in [0.15, 0.2) is 40.2 Å². The third-order valence-corrected chi connectivity index (χ3v) is 5.39. The zero-order chi connectivity index (χ0) is 12.6. The van der Waals surface area contributed by atoms with E-state index in [1.54, 1.807) is 0 Å². The summed E-state index contributed by atoms with van der Waals surface area (Å²) in [5.74, 6) is 0. The van der Waals surface area contributed by atoms with Crippen LogP contribution in [0.2, 0.25) is 0 Å². The summed E-state index contributed by atoms with van der Waals surface area (Å²) in [6, 6.07) is 11.2. The Morgan fingerprint density at radius 2 is 2.17 bits per heavy atom. The van der Waals surface area contributed by atoms with Crippen molar-refractivity contribution in [2.24, 2.45) is 0 Å². The van der Waals surface area contributed by atoms with E-state index >= 15 is 0 Å². The van der Waals surface area contributed by atoms with Crippen LogP contribution in [0, 0.1) is 6.92 Å². The Morgan fingerprint density at radius 1 is 1.33 bits per heavy atom. The largest absolute Gasteiger partial charge is 0.315 e. The van der Waals surface area contributed by atoms with Gasteiger partial charge in [0.25, 0.3) is 0 Å². The molecular weight excluding hydrogens is 306 g/mol. The molecule has 1 aliphatic rings. The van der Waals surface area contributed by atoms with Gasteiger partial charge in [-0.1, -0.05) is 29.8 Å². The van der Waals surface area contributed by atoms with E-state index in [2.05, 4.69) is 63.9 Å². The van der Waals surface area contributed by atoms with Crippen LogP contribution in [0.3, 0.4) is 0 Å². The summed E-state index contributed by atoms with van der Waals surface area (Å²) in [4.78, 5) is 1.46. The van der Waals surface area contributed by atoms with Crippen molar-refractivity contribution in [2.75, 3.05) is 13.1 Å². The summed E-state index contributed by atoms with van der Waals surface area (Å²) < 4.78 is 1.20. The molecule has 3 rings (SSSR count). The van der Waals surface area contributed by atoms with Gasteiger partial charge in [-0.15, -0.1) is 11.3 Å². The van der Waals surface area contributed by atoms with E-state index in [9.17, 15) is 0 Å². The number of halogens is 1. The number of rotatable bonds is 3. The van der Waals surface area contributed by atoms with E-state index in [0.29, 0.717) is 5.41 Å². The van der Waals surface area contributed by atoms with Crippen molar-refractivity contribution in [3.8, 4) is 0 Å². The van der Waals surface area contributed by atoms with E-state index in [1.807, 2.05) is 11.3 Å². The van der Waals surface area contributed by atoms with E-state index in [1.165, 1.54) is 20.5 Å². The maximum Gasteiger partial charge on any atom is 0.0285 e. The van der Waals surface area contributed by atoms with Gasteiger partial charge in [0, 0.05) is 33.2 Å². The molecule has 1 aliphatic heterocycles. The van der Waals surface area contributed by atoms with Crippen LogP contribution < -0.4 is 5.32 Å². The first kappa shape index (κ1) is 12.4. The third kappa shape index (κ3) is 2.27. The highest BCUT2D eigenvalue weighted by atomic mass is 79.9. The molecule has 2 heterocycles. The highest BCUT2D eigenvalue weighted by molar-refractivity contribution is 9.10. The number of benzene rings is 1. The quantitative estimate of drug-likeness (QED) is 0.904. The van der Waals surface area contributed by atoms with Crippen molar-refractivity contribution in [1.29, 1.82) is 0 Å². The Morgan fingerprint density at radius 3 is 2.72 bits per heavy atom. The second kappa shape index (κ2) is 4.80. The van der Waals surface area contributed by atoms with E-state index in [4.69, 9.17) is 0 Å². The minimum atomic E-state index is 0.302. The summed E-state index contributed by atoms with van der Waals surface area (Å²) in [5, 5.41) is 5.61. The van der Waals surface area contributed by atoms with Crippen LogP contribution >= 0.6 is 27.3 Å². The molecule has 1 aromatic carbocycles. The maximum absolute atomic E-state index is 3.54. The number of hydrogen-bond donors (Lipinski definition) is 1. The topological polar surface area (TPSA) is 12.0 Å². The number of nitrogens with one attached hydrogen (secondary N) is 1. The molecule has 0 saturated carbocycles. The third-order valence-electron chi connectivity index (χ3n) is 3.69.